The number of carbonyl (C=O) groups excluding carboxylic acids is 1. The first-order valence-electron chi connectivity index (χ1n) is 4.43. The minimum atomic E-state index is 0.308. The highest BCUT2D eigenvalue weighted by molar-refractivity contribution is 9.10. The standard InChI is InChI=1S/C11H11BrO/c1-6-7(2)11-8(5-9(6)12)3-4-10(11)13/h5H,3-4H2,1-2H3. The molecule has 1 aliphatic rings. The summed E-state index contributed by atoms with van der Waals surface area (Å²) in [6.07, 6.45) is 1.60. The second-order valence-electron chi connectivity index (χ2n) is 3.57. The number of carbonyl (C=O) groups is 1. The van der Waals surface area contributed by atoms with E-state index in [0.717, 1.165) is 22.0 Å². The van der Waals surface area contributed by atoms with Crippen LogP contribution in [0.25, 0.3) is 0 Å². The van der Waals surface area contributed by atoms with Crippen molar-refractivity contribution in [3.63, 3.8) is 0 Å². The molecule has 0 heterocycles. The molecule has 0 fully saturated rings. The molecule has 0 bridgehead atoms. The molecule has 2 heteroatoms. The summed E-state index contributed by atoms with van der Waals surface area (Å²) in [5, 5.41) is 0. The Labute approximate surface area is 86.3 Å². The summed E-state index contributed by atoms with van der Waals surface area (Å²) in [7, 11) is 0. The van der Waals surface area contributed by atoms with Crippen LogP contribution in [0.3, 0.4) is 0 Å². The number of fused-ring (bicyclic) bond motifs is 1. The molecule has 0 N–H and O–H groups in total. The fourth-order valence-corrected chi connectivity index (χ4v) is 2.47. The number of halogens is 1. The van der Waals surface area contributed by atoms with Crippen molar-refractivity contribution in [1.82, 2.24) is 0 Å². The van der Waals surface area contributed by atoms with Crippen LogP contribution in [0.15, 0.2) is 10.5 Å². The van der Waals surface area contributed by atoms with Crippen molar-refractivity contribution < 1.29 is 4.79 Å². The van der Waals surface area contributed by atoms with Crippen LogP contribution in [0.5, 0.6) is 0 Å². The molecule has 0 aromatic heterocycles. The smallest absolute Gasteiger partial charge is 0.163 e. The average molecular weight is 239 g/mol. The van der Waals surface area contributed by atoms with E-state index < -0.39 is 0 Å². The maximum Gasteiger partial charge on any atom is 0.163 e. The maximum absolute atomic E-state index is 11.5. The van der Waals surface area contributed by atoms with E-state index in [9.17, 15) is 4.79 Å². The molecular weight excluding hydrogens is 228 g/mol. The SMILES string of the molecule is Cc1c(Br)cc2c(c1C)C(=O)CC2. The minimum absolute atomic E-state index is 0.308. The normalized spacial score (nSPS) is 14.8. The van der Waals surface area contributed by atoms with Crippen molar-refractivity contribution in [2.24, 2.45) is 0 Å². The van der Waals surface area contributed by atoms with Crippen LogP contribution in [0.2, 0.25) is 0 Å². The predicted octanol–water partition coefficient (Wildman–Crippen LogP) is 3.19. The summed E-state index contributed by atoms with van der Waals surface area (Å²) in [6, 6.07) is 2.09. The number of benzene rings is 1. The summed E-state index contributed by atoms with van der Waals surface area (Å²) in [6.45, 7) is 4.08. The lowest BCUT2D eigenvalue weighted by molar-refractivity contribution is 0.0994. The highest BCUT2D eigenvalue weighted by Gasteiger charge is 2.23. The zero-order valence-corrected chi connectivity index (χ0v) is 9.36. The van der Waals surface area contributed by atoms with Gasteiger partial charge in [-0.1, -0.05) is 15.9 Å². The van der Waals surface area contributed by atoms with Gasteiger partial charge >= 0.3 is 0 Å². The van der Waals surface area contributed by atoms with E-state index in [1.807, 2.05) is 13.8 Å². The van der Waals surface area contributed by atoms with E-state index >= 15 is 0 Å². The molecule has 0 radical (unpaired) electrons. The van der Waals surface area contributed by atoms with E-state index in [4.69, 9.17) is 0 Å². The van der Waals surface area contributed by atoms with Gasteiger partial charge in [0.25, 0.3) is 0 Å². The third-order valence-corrected chi connectivity index (χ3v) is 3.64. The van der Waals surface area contributed by atoms with Gasteiger partial charge in [0.05, 0.1) is 0 Å². The number of hydrogen-bond acceptors (Lipinski definition) is 1. The molecule has 0 spiro atoms. The molecule has 13 heavy (non-hydrogen) atoms. The molecule has 0 unspecified atom stereocenters. The Balaban J connectivity index is 2.75. The maximum atomic E-state index is 11.5. The fraction of sp³-hybridized carbons (Fsp3) is 0.364. The lowest BCUT2D eigenvalue weighted by atomic mass is 9.99. The molecule has 0 amide bonds. The highest BCUT2D eigenvalue weighted by Crippen LogP contribution is 2.31. The molecule has 0 saturated heterocycles. The van der Waals surface area contributed by atoms with E-state index in [0.29, 0.717) is 12.2 Å². The molecule has 0 atom stereocenters. The summed E-state index contributed by atoms with van der Waals surface area (Å²) < 4.78 is 1.12. The summed E-state index contributed by atoms with van der Waals surface area (Å²) >= 11 is 3.51. The van der Waals surface area contributed by atoms with Gasteiger partial charge < -0.3 is 0 Å². The van der Waals surface area contributed by atoms with Crippen LogP contribution < -0.4 is 0 Å². The van der Waals surface area contributed by atoms with E-state index in [1.165, 1.54) is 11.1 Å². The van der Waals surface area contributed by atoms with Gasteiger partial charge in [0, 0.05) is 16.5 Å². The second kappa shape index (κ2) is 2.95. The van der Waals surface area contributed by atoms with Crippen molar-refractivity contribution in [3.05, 3.63) is 32.8 Å². The predicted molar refractivity (Wildman–Crippen MR) is 56.3 cm³/mol. The van der Waals surface area contributed by atoms with Gasteiger partial charge in [-0.15, -0.1) is 0 Å². The van der Waals surface area contributed by atoms with Gasteiger partial charge in [0.15, 0.2) is 5.78 Å². The molecule has 0 saturated carbocycles. The van der Waals surface area contributed by atoms with Crippen LogP contribution in [0.1, 0.15) is 33.5 Å². The van der Waals surface area contributed by atoms with Gasteiger partial charge in [0.2, 0.25) is 0 Å². The van der Waals surface area contributed by atoms with Gasteiger partial charge in [-0.25, -0.2) is 0 Å². The van der Waals surface area contributed by atoms with Crippen molar-refractivity contribution in [3.8, 4) is 0 Å². The van der Waals surface area contributed by atoms with Gasteiger partial charge in [-0.3, -0.25) is 4.79 Å². The molecule has 1 aromatic carbocycles. The van der Waals surface area contributed by atoms with Crippen molar-refractivity contribution >= 4 is 21.7 Å². The third kappa shape index (κ3) is 1.24. The quantitative estimate of drug-likeness (QED) is 0.679. The topological polar surface area (TPSA) is 17.1 Å². The van der Waals surface area contributed by atoms with E-state index in [2.05, 4.69) is 22.0 Å². The Morgan fingerprint density at radius 3 is 2.62 bits per heavy atom. The zero-order valence-electron chi connectivity index (χ0n) is 7.78. The molecule has 2 rings (SSSR count). The average Bonchev–Trinajstić information content (AvgIpc) is 2.43. The summed E-state index contributed by atoms with van der Waals surface area (Å²) in [5.41, 5.74) is 4.52. The largest absolute Gasteiger partial charge is 0.294 e. The minimum Gasteiger partial charge on any atom is -0.294 e. The number of hydrogen-bond donors (Lipinski definition) is 0. The molecule has 68 valence electrons. The van der Waals surface area contributed by atoms with Crippen molar-refractivity contribution in [1.29, 1.82) is 0 Å². The van der Waals surface area contributed by atoms with Crippen molar-refractivity contribution in [2.45, 2.75) is 26.7 Å². The third-order valence-electron chi connectivity index (χ3n) is 2.82. The van der Waals surface area contributed by atoms with Gasteiger partial charge in [-0.05, 0) is 43.0 Å². The molecule has 1 aromatic rings. The van der Waals surface area contributed by atoms with Crippen LogP contribution in [0, 0.1) is 13.8 Å². The molecular formula is C11H11BrO. The van der Waals surface area contributed by atoms with Crippen LogP contribution in [-0.2, 0) is 6.42 Å². The lowest BCUT2D eigenvalue weighted by Gasteiger charge is -2.08. The monoisotopic (exact) mass is 238 g/mol. The van der Waals surface area contributed by atoms with Gasteiger partial charge in [-0.2, -0.15) is 0 Å². The number of rotatable bonds is 0. The number of Topliss-reactive ketones (excluding diaryl/α,β-unsaturated/α-hetero) is 1. The Bertz CT molecular complexity index is 394. The number of ketones is 1. The van der Waals surface area contributed by atoms with Crippen LogP contribution in [-0.4, -0.2) is 5.78 Å². The Hall–Kier alpha value is -0.630. The van der Waals surface area contributed by atoms with Crippen LogP contribution in [0.4, 0.5) is 0 Å². The summed E-state index contributed by atoms with van der Waals surface area (Å²) in [4.78, 5) is 11.5. The van der Waals surface area contributed by atoms with E-state index in [1.54, 1.807) is 0 Å². The molecule has 0 aliphatic heterocycles. The number of aryl methyl sites for hydroxylation is 1. The van der Waals surface area contributed by atoms with E-state index in [-0.39, 0.29) is 0 Å². The highest BCUT2D eigenvalue weighted by atomic mass is 79.9. The zero-order chi connectivity index (χ0) is 9.59. The van der Waals surface area contributed by atoms with Crippen molar-refractivity contribution in [2.75, 3.05) is 0 Å². The lowest BCUT2D eigenvalue weighted by Crippen LogP contribution is -1.98. The van der Waals surface area contributed by atoms with Crippen LogP contribution >= 0.6 is 15.9 Å². The Kier molecular flexibility index (Phi) is 2.03. The summed E-state index contributed by atoms with van der Waals surface area (Å²) in [5.74, 6) is 0.308. The molecule has 1 aliphatic carbocycles. The fourth-order valence-electron chi connectivity index (χ4n) is 1.90. The van der Waals surface area contributed by atoms with Gasteiger partial charge in [0.1, 0.15) is 0 Å². The Morgan fingerprint density at radius 1 is 1.23 bits per heavy atom. The molecule has 1 nitrogen and oxygen atoms in total. The first-order valence-corrected chi connectivity index (χ1v) is 5.22. The second-order valence-corrected chi connectivity index (χ2v) is 4.42. The first-order chi connectivity index (χ1) is 6.11. The first kappa shape index (κ1) is 8.95. The Morgan fingerprint density at radius 2 is 1.92 bits per heavy atom.